The maximum atomic E-state index is 14.5. The highest BCUT2D eigenvalue weighted by molar-refractivity contribution is 5.95. The van der Waals surface area contributed by atoms with Crippen LogP contribution in [0.25, 0.3) is 0 Å². The molecule has 5 N–H and O–H groups in total. The zero-order valence-corrected chi connectivity index (χ0v) is 15.1. The van der Waals surface area contributed by atoms with Crippen LogP contribution in [-0.2, 0) is 4.74 Å². The quantitative estimate of drug-likeness (QED) is 0.720. The first-order valence-electron chi connectivity index (χ1n) is 8.52. The normalized spacial score (nSPS) is 25.0. The summed E-state index contributed by atoms with van der Waals surface area (Å²) in [6, 6.07) is 1.59. The van der Waals surface area contributed by atoms with Crippen molar-refractivity contribution in [2.24, 2.45) is 16.6 Å². The number of nitrogen functional groups attached to an aromatic ring is 1. The van der Waals surface area contributed by atoms with Gasteiger partial charge in [0.1, 0.15) is 24.0 Å². The number of amides is 1. The van der Waals surface area contributed by atoms with Gasteiger partial charge in [-0.05, 0) is 37.1 Å². The molecule has 0 spiro atoms. The van der Waals surface area contributed by atoms with Crippen molar-refractivity contribution in [2.45, 2.75) is 25.3 Å². The summed E-state index contributed by atoms with van der Waals surface area (Å²) >= 11 is 0. The number of nitrogens with zero attached hydrogens (tertiary/aromatic N) is 2. The Morgan fingerprint density at radius 3 is 2.79 bits per heavy atom. The summed E-state index contributed by atoms with van der Waals surface area (Å²) in [5.74, 6) is -2.78. The standard InChI is InChI=1S/C18H20F3N5O2/c1-9-4-10(22)6-24-15(9)16(27)25-11-2-3-13(19)12(5-11)18(17(20)21)8-28-7-14(23)26-18/h2-4,6,12,17H,5,7-8,22H2,1H3,(H2,23,26)(H,25,27)/t12?,18-/m0/s1. The first-order valence-corrected chi connectivity index (χ1v) is 8.52. The molecule has 10 heteroatoms. The van der Waals surface area contributed by atoms with E-state index < -0.39 is 36.2 Å². The number of nitrogens with one attached hydrogen (secondary N) is 1. The smallest absolute Gasteiger partial charge is 0.274 e. The molecule has 2 atom stereocenters. The van der Waals surface area contributed by atoms with Crippen molar-refractivity contribution >= 4 is 17.4 Å². The van der Waals surface area contributed by atoms with E-state index in [4.69, 9.17) is 16.2 Å². The molecule has 0 radical (unpaired) electrons. The van der Waals surface area contributed by atoms with Crippen molar-refractivity contribution in [3.63, 3.8) is 0 Å². The van der Waals surface area contributed by atoms with E-state index in [1.54, 1.807) is 13.0 Å². The van der Waals surface area contributed by atoms with Crippen molar-refractivity contribution in [3.8, 4) is 0 Å². The van der Waals surface area contributed by atoms with Crippen LogP contribution in [0.1, 0.15) is 22.5 Å². The fourth-order valence-corrected chi connectivity index (χ4v) is 3.32. The summed E-state index contributed by atoms with van der Waals surface area (Å²) in [4.78, 5) is 20.3. The fraction of sp³-hybridized carbons (Fsp3) is 0.389. The Bertz CT molecular complexity index is 884. The van der Waals surface area contributed by atoms with Gasteiger partial charge in [-0.15, -0.1) is 0 Å². The molecule has 0 aromatic carbocycles. The number of aliphatic imine (C=N–C) groups is 1. The van der Waals surface area contributed by atoms with Crippen molar-refractivity contribution in [1.29, 1.82) is 0 Å². The minimum absolute atomic E-state index is 0.0892. The molecule has 1 aliphatic carbocycles. The highest BCUT2D eigenvalue weighted by atomic mass is 19.3. The second kappa shape index (κ2) is 7.63. The van der Waals surface area contributed by atoms with Crippen LogP contribution >= 0.6 is 0 Å². The van der Waals surface area contributed by atoms with Gasteiger partial charge in [-0.25, -0.2) is 18.2 Å². The average Bonchev–Trinajstić information content (AvgIpc) is 2.62. The van der Waals surface area contributed by atoms with Crippen molar-refractivity contribution < 1.29 is 22.7 Å². The average molecular weight is 395 g/mol. The van der Waals surface area contributed by atoms with E-state index in [1.165, 1.54) is 12.3 Å². The number of allylic oxidation sites excluding steroid dienone is 3. The molecular weight excluding hydrogens is 375 g/mol. The molecule has 2 heterocycles. The van der Waals surface area contributed by atoms with Gasteiger partial charge in [-0.1, -0.05) is 0 Å². The highest BCUT2D eigenvalue weighted by Gasteiger charge is 2.51. The Morgan fingerprint density at radius 2 is 2.14 bits per heavy atom. The van der Waals surface area contributed by atoms with Crippen LogP contribution in [0.3, 0.4) is 0 Å². The SMILES string of the molecule is Cc1cc(N)cnc1C(=O)NC1=CC=C(F)C([C@]2(C(F)F)COCC(N)=N2)C1. The van der Waals surface area contributed by atoms with Crippen LogP contribution in [0, 0.1) is 12.8 Å². The van der Waals surface area contributed by atoms with E-state index in [9.17, 15) is 18.0 Å². The molecule has 7 nitrogen and oxygen atoms in total. The van der Waals surface area contributed by atoms with Crippen LogP contribution in [0.5, 0.6) is 0 Å². The molecule has 3 rings (SSSR count). The fourth-order valence-electron chi connectivity index (χ4n) is 3.32. The first-order chi connectivity index (χ1) is 13.2. The summed E-state index contributed by atoms with van der Waals surface area (Å²) < 4.78 is 47.4. The lowest BCUT2D eigenvalue weighted by atomic mass is 9.78. The topological polar surface area (TPSA) is 116 Å². The van der Waals surface area contributed by atoms with Crippen LogP contribution in [0.15, 0.2) is 40.9 Å². The Morgan fingerprint density at radius 1 is 1.39 bits per heavy atom. The van der Waals surface area contributed by atoms with Gasteiger partial charge in [0.25, 0.3) is 12.3 Å². The van der Waals surface area contributed by atoms with Crippen LogP contribution in [0.2, 0.25) is 0 Å². The zero-order valence-electron chi connectivity index (χ0n) is 15.1. The van der Waals surface area contributed by atoms with E-state index in [-0.39, 0.29) is 30.3 Å². The number of carbonyl (C=O) groups is 1. The number of nitrogens with two attached hydrogens (primary N) is 2. The lowest BCUT2D eigenvalue weighted by Gasteiger charge is -2.39. The van der Waals surface area contributed by atoms with Crippen molar-refractivity contribution in [1.82, 2.24) is 10.3 Å². The van der Waals surface area contributed by atoms with Crippen LogP contribution in [-0.4, -0.2) is 41.9 Å². The monoisotopic (exact) mass is 395 g/mol. The molecule has 1 amide bonds. The first kappa shape index (κ1) is 19.9. The number of halogens is 3. The number of anilines is 1. The minimum Gasteiger partial charge on any atom is -0.397 e. The largest absolute Gasteiger partial charge is 0.397 e. The molecule has 1 aromatic rings. The molecule has 0 bridgehead atoms. The number of rotatable bonds is 4. The molecule has 1 aromatic heterocycles. The van der Waals surface area contributed by atoms with Gasteiger partial charge in [-0.3, -0.25) is 9.79 Å². The number of hydrogen-bond acceptors (Lipinski definition) is 6. The van der Waals surface area contributed by atoms with Gasteiger partial charge in [0.15, 0.2) is 5.54 Å². The Balaban J connectivity index is 1.84. The number of hydrogen-bond donors (Lipinski definition) is 3. The Kier molecular flexibility index (Phi) is 5.41. The number of ether oxygens (including phenoxy) is 1. The molecule has 150 valence electrons. The molecule has 1 unspecified atom stereocenters. The number of carbonyl (C=O) groups excluding carboxylic acids is 1. The summed E-state index contributed by atoms with van der Waals surface area (Å²) in [6.45, 7) is 1.10. The summed E-state index contributed by atoms with van der Waals surface area (Å²) in [7, 11) is 0. The van der Waals surface area contributed by atoms with E-state index in [2.05, 4.69) is 15.3 Å². The number of aryl methyl sites for hydroxylation is 1. The number of aromatic nitrogens is 1. The minimum atomic E-state index is -3.01. The van der Waals surface area contributed by atoms with Crippen molar-refractivity contribution in [2.75, 3.05) is 18.9 Å². The van der Waals surface area contributed by atoms with E-state index in [0.717, 1.165) is 6.08 Å². The van der Waals surface area contributed by atoms with Gasteiger partial charge < -0.3 is 21.5 Å². The molecule has 2 aliphatic rings. The Labute approximate surface area is 159 Å². The predicted octanol–water partition coefficient (Wildman–Crippen LogP) is 1.85. The Hall–Kier alpha value is -2.88. The summed E-state index contributed by atoms with van der Waals surface area (Å²) in [5, 5.41) is 2.59. The summed E-state index contributed by atoms with van der Waals surface area (Å²) in [5.41, 5.74) is 10.4. The van der Waals surface area contributed by atoms with Crippen LogP contribution < -0.4 is 16.8 Å². The lowest BCUT2D eigenvalue weighted by molar-refractivity contribution is -0.0376. The van der Waals surface area contributed by atoms with Gasteiger partial charge in [-0.2, -0.15) is 0 Å². The van der Waals surface area contributed by atoms with E-state index >= 15 is 0 Å². The van der Waals surface area contributed by atoms with Gasteiger partial charge in [0, 0.05) is 11.6 Å². The maximum Gasteiger partial charge on any atom is 0.274 e. The van der Waals surface area contributed by atoms with E-state index in [1.807, 2.05) is 0 Å². The van der Waals surface area contributed by atoms with Gasteiger partial charge in [0.2, 0.25) is 0 Å². The molecular formula is C18H20F3N5O2. The van der Waals surface area contributed by atoms with Crippen molar-refractivity contribution in [3.05, 3.63) is 47.2 Å². The second-order valence-corrected chi connectivity index (χ2v) is 6.78. The zero-order chi connectivity index (χ0) is 20.5. The molecule has 0 fully saturated rings. The summed E-state index contributed by atoms with van der Waals surface area (Å²) in [6.07, 6.45) is 0.491. The van der Waals surface area contributed by atoms with Gasteiger partial charge >= 0.3 is 0 Å². The van der Waals surface area contributed by atoms with E-state index in [0.29, 0.717) is 11.3 Å². The third-order valence-electron chi connectivity index (χ3n) is 4.71. The third kappa shape index (κ3) is 3.72. The maximum absolute atomic E-state index is 14.5. The molecule has 28 heavy (non-hydrogen) atoms. The van der Waals surface area contributed by atoms with Gasteiger partial charge in [0.05, 0.1) is 18.5 Å². The predicted molar refractivity (Wildman–Crippen MR) is 97.4 cm³/mol. The molecule has 0 saturated carbocycles. The molecule has 1 aliphatic heterocycles. The van der Waals surface area contributed by atoms with Crippen LogP contribution in [0.4, 0.5) is 18.9 Å². The second-order valence-electron chi connectivity index (χ2n) is 6.78. The highest BCUT2D eigenvalue weighted by Crippen LogP contribution is 2.42. The number of alkyl halides is 2. The number of pyridine rings is 1. The third-order valence-corrected chi connectivity index (χ3v) is 4.71. The molecule has 0 saturated heterocycles. The number of amidine groups is 1. The lowest BCUT2D eigenvalue weighted by Crippen LogP contribution is -2.53.